The molecule has 1 N–H and O–H groups in total. The molecule has 2 aromatic rings. The van der Waals surface area contributed by atoms with Crippen LogP contribution in [-0.4, -0.2) is 23.2 Å². The van der Waals surface area contributed by atoms with Gasteiger partial charge in [0.2, 0.25) is 0 Å². The lowest BCUT2D eigenvalue weighted by molar-refractivity contribution is -0.384. The van der Waals surface area contributed by atoms with Gasteiger partial charge in [0.1, 0.15) is 11.5 Å². The highest BCUT2D eigenvalue weighted by atomic mass is 19.4. The number of halogens is 4. The predicted molar refractivity (Wildman–Crippen MR) is 116 cm³/mol. The first-order valence-corrected chi connectivity index (χ1v) is 10.1. The number of hydrogen-bond acceptors (Lipinski definition) is 5. The number of hydrazone groups is 1. The third kappa shape index (κ3) is 4.53. The van der Waals surface area contributed by atoms with Gasteiger partial charge in [0.05, 0.1) is 16.7 Å². The summed E-state index contributed by atoms with van der Waals surface area (Å²) in [6.45, 7) is 9.03. The van der Waals surface area contributed by atoms with Crippen molar-refractivity contribution in [3.63, 3.8) is 0 Å². The highest BCUT2D eigenvalue weighted by Gasteiger charge is 2.36. The molecule has 3 rings (SSSR count). The number of rotatable bonds is 5. The summed E-state index contributed by atoms with van der Waals surface area (Å²) in [5, 5.41) is 15.0. The van der Waals surface area contributed by atoms with Gasteiger partial charge >= 0.3 is 6.18 Å². The quantitative estimate of drug-likeness (QED) is 0.250. The van der Waals surface area contributed by atoms with Crippen LogP contribution in [0.15, 0.2) is 35.4 Å². The van der Waals surface area contributed by atoms with Crippen molar-refractivity contribution in [3.8, 4) is 0 Å². The van der Waals surface area contributed by atoms with Crippen molar-refractivity contribution < 1.29 is 22.5 Å². The molecule has 1 aliphatic heterocycles. The van der Waals surface area contributed by atoms with Crippen LogP contribution in [0, 0.1) is 15.9 Å². The van der Waals surface area contributed by atoms with Crippen molar-refractivity contribution in [2.24, 2.45) is 5.10 Å². The molecule has 0 bridgehead atoms. The number of nitro groups is 1. The molecule has 1 heterocycles. The van der Waals surface area contributed by atoms with Crippen LogP contribution in [-0.2, 0) is 6.18 Å². The lowest BCUT2D eigenvalue weighted by Crippen LogP contribution is -2.48. The summed E-state index contributed by atoms with van der Waals surface area (Å²) >= 11 is 0. The van der Waals surface area contributed by atoms with Crippen LogP contribution < -0.4 is 10.3 Å². The topological polar surface area (TPSA) is 70.8 Å². The van der Waals surface area contributed by atoms with E-state index in [1.54, 1.807) is 6.07 Å². The first kappa shape index (κ1) is 23.5. The van der Waals surface area contributed by atoms with Gasteiger partial charge in [0.15, 0.2) is 0 Å². The van der Waals surface area contributed by atoms with E-state index in [-0.39, 0.29) is 22.7 Å². The molecule has 0 saturated heterocycles. The first-order valence-electron chi connectivity index (χ1n) is 10.1. The van der Waals surface area contributed by atoms with Crippen molar-refractivity contribution in [1.29, 1.82) is 0 Å². The molecule has 0 amide bonds. The average Bonchev–Trinajstić information content (AvgIpc) is 2.67. The van der Waals surface area contributed by atoms with Crippen LogP contribution in [0.3, 0.4) is 0 Å². The SMILES string of the molecule is CCN1c2cc(F)c(/C=N/Nc3ccc(C(F)(F)F)cc3[N+](=O)[O-])cc2C(C)CC1(C)C. The number of alkyl halides is 3. The molecule has 1 aliphatic rings. The molecular weight excluding hydrogens is 428 g/mol. The third-order valence-electron chi connectivity index (χ3n) is 5.73. The van der Waals surface area contributed by atoms with Crippen molar-refractivity contribution in [3.05, 3.63) is 63.0 Å². The fraction of sp³-hybridized carbons (Fsp3) is 0.409. The van der Waals surface area contributed by atoms with Crippen molar-refractivity contribution in [2.45, 2.75) is 51.7 Å². The number of fused-ring (bicyclic) bond motifs is 1. The molecule has 1 unspecified atom stereocenters. The van der Waals surface area contributed by atoms with Gasteiger partial charge < -0.3 is 4.90 Å². The second kappa shape index (κ2) is 8.40. The molecule has 0 radical (unpaired) electrons. The molecular formula is C22H24F4N4O2. The summed E-state index contributed by atoms with van der Waals surface area (Å²) in [6.07, 6.45) is -2.66. The summed E-state index contributed by atoms with van der Waals surface area (Å²) in [4.78, 5) is 12.4. The summed E-state index contributed by atoms with van der Waals surface area (Å²) < 4.78 is 53.3. The summed E-state index contributed by atoms with van der Waals surface area (Å²) in [5.41, 5.74) is 2.04. The lowest BCUT2D eigenvalue weighted by atomic mass is 9.79. The van der Waals surface area contributed by atoms with Gasteiger partial charge in [-0.05, 0) is 62.9 Å². The highest BCUT2D eigenvalue weighted by molar-refractivity contribution is 5.83. The number of anilines is 2. The summed E-state index contributed by atoms with van der Waals surface area (Å²) in [5.74, 6) is -0.334. The van der Waals surface area contributed by atoms with Crippen LogP contribution in [0.5, 0.6) is 0 Å². The minimum Gasteiger partial charge on any atom is -0.366 e. The van der Waals surface area contributed by atoms with Gasteiger partial charge in [-0.15, -0.1) is 0 Å². The summed E-state index contributed by atoms with van der Waals surface area (Å²) in [6, 6.07) is 5.22. The maximum Gasteiger partial charge on any atom is 0.416 e. The number of nitrogens with zero attached hydrogens (tertiary/aromatic N) is 3. The zero-order valence-electron chi connectivity index (χ0n) is 18.1. The predicted octanol–water partition coefficient (Wildman–Crippen LogP) is 6.31. The Bertz CT molecular complexity index is 1070. The second-order valence-corrected chi connectivity index (χ2v) is 8.45. The van der Waals surface area contributed by atoms with E-state index in [9.17, 15) is 27.7 Å². The van der Waals surface area contributed by atoms with Gasteiger partial charge in [0.25, 0.3) is 5.69 Å². The van der Waals surface area contributed by atoms with Crippen LogP contribution >= 0.6 is 0 Å². The third-order valence-corrected chi connectivity index (χ3v) is 5.73. The molecule has 1 atom stereocenters. The van der Waals surface area contributed by atoms with Gasteiger partial charge in [0, 0.05) is 29.4 Å². The molecule has 32 heavy (non-hydrogen) atoms. The Morgan fingerprint density at radius 3 is 2.59 bits per heavy atom. The Labute approximate surface area is 183 Å². The minimum absolute atomic E-state index is 0.119. The van der Waals surface area contributed by atoms with Gasteiger partial charge in [-0.1, -0.05) is 6.92 Å². The summed E-state index contributed by atoms with van der Waals surface area (Å²) in [7, 11) is 0. The number of nitro benzene ring substituents is 1. The van der Waals surface area contributed by atoms with Crippen molar-refractivity contribution in [2.75, 3.05) is 16.9 Å². The van der Waals surface area contributed by atoms with E-state index in [1.807, 2.05) is 6.92 Å². The van der Waals surface area contributed by atoms with Gasteiger partial charge in [-0.25, -0.2) is 4.39 Å². The van der Waals surface area contributed by atoms with Crippen LogP contribution in [0.2, 0.25) is 0 Å². The molecule has 0 fully saturated rings. The molecule has 0 aromatic heterocycles. The zero-order valence-corrected chi connectivity index (χ0v) is 18.1. The smallest absolute Gasteiger partial charge is 0.366 e. The average molecular weight is 452 g/mol. The zero-order chi connectivity index (χ0) is 23.8. The normalized spacial score (nSPS) is 18.0. The first-order chi connectivity index (χ1) is 14.8. The van der Waals surface area contributed by atoms with Crippen LogP contribution in [0.25, 0.3) is 0 Å². The maximum atomic E-state index is 14.8. The molecule has 0 spiro atoms. The second-order valence-electron chi connectivity index (χ2n) is 8.45. The molecule has 2 aromatic carbocycles. The standard InChI is InChI=1S/C22H24F4N4O2/c1-5-29-19-10-17(23)14(8-16(19)13(2)11-21(29,3)4)12-27-28-18-7-6-15(22(24,25)26)9-20(18)30(31)32/h6-10,12-13,28H,5,11H2,1-4H3/b27-12+. The van der Waals surface area contributed by atoms with E-state index in [1.165, 1.54) is 12.3 Å². The fourth-order valence-electron chi connectivity index (χ4n) is 4.34. The molecule has 172 valence electrons. The fourth-order valence-corrected chi connectivity index (χ4v) is 4.34. The number of nitrogens with one attached hydrogen (secondary N) is 1. The molecule has 0 aliphatic carbocycles. The van der Waals surface area contributed by atoms with E-state index in [2.05, 4.69) is 36.2 Å². The Morgan fingerprint density at radius 2 is 2.00 bits per heavy atom. The molecule has 10 heteroatoms. The maximum absolute atomic E-state index is 14.8. The van der Waals surface area contributed by atoms with Gasteiger partial charge in [-0.2, -0.15) is 18.3 Å². The highest BCUT2D eigenvalue weighted by Crippen LogP contribution is 2.44. The van der Waals surface area contributed by atoms with E-state index in [0.717, 1.165) is 30.3 Å². The van der Waals surface area contributed by atoms with Crippen molar-refractivity contribution in [1.82, 2.24) is 0 Å². The Balaban J connectivity index is 1.90. The van der Waals surface area contributed by atoms with E-state index in [0.29, 0.717) is 12.1 Å². The minimum atomic E-state index is -4.71. The Morgan fingerprint density at radius 1 is 1.31 bits per heavy atom. The monoisotopic (exact) mass is 452 g/mol. The van der Waals surface area contributed by atoms with Crippen LogP contribution in [0.1, 0.15) is 56.7 Å². The van der Waals surface area contributed by atoms with Crippen molar-refractivity contribution >= 4 is 23.3 Å². The Hall–Kier alpha value is -3.17. The Kier molecular flexibility index (Phi) is 6.17. The van der Waals surface area contributed by atoms with E-state index >= 15 is 0 Å². The molecule has 0 saturated carbocycles. The van der Waals surface area contributed by atoms with Gasteiger partial charge in [-0.3, -0.25) is 15.5 Å². The number of hydrogen-bond donors (Lipinski definition) is 1. The molecule has 6 nitrogen and oxygen atoms in total. The number of benzene rings is 2. The van der Waals surface area contributed by atoms with Crippen LogP contribution in [0.4, 0.5) is 34.6 Å². The van der Waals surface area contributed by atoms with E-state index in [4.69, 9.17) is 0 Å². The largest absolute Gasteiger partial charge is 0.416 e. The lowest BCUT2D eigenvalue weighted by Gasteiger charge is -2.47. The van der Waals surface area contributed by atoms with E-state index < -0.39 is 28.2 Å².